The van der Waals surface area contributed by atoms with Gasteiger partial charge in [0.25, 0.3) is 0 Å². The van der Waals surface area contributed by atoms with Crippen LogP contribution in [-0.2, 0) is 0 Å². The lowest BCUT2D eigenvalue weighted by Gasteiger charge is -2.08. The number of nitrogens with one attached hydrogen (secondary N) is 1. The van der Waals surface area contributed by atoms with E-state index in [0.29, 0.717) is 5.75 Å². The molecule has 0 bridgehead atoms. The molecule has 1 aromatic heterocycles. The van der Waals surface area contributed by atoms with Gasteiger partial charge in [0.15, 0.2) is 0 Å². The summed E-state index contributed by atoms with van der Waals surface area (Å²) in [7, 11) is 3.25. The van der Waals surface area contributed by atoms with Gasteiger partial charge in [-0.1, -0.05) is 18.2 Å². The zero-order valence-electron chi connectivity index (χ0n) is 13.9. The van der Waals surface area contributed by atoms with Gasteiger partial charge >= 0.3 is 0 Å². The van der Waals surface area contributed by atoms with E-state index in [9.17, 15) is 0 Å². The third-order valence-electron chi connectivity index (χ3n) is 3.67. The largest absolute Gasteiger partial charge is 0.497 e. The number of rotatable bonds is 5. The van der Waals surface area contributed by atoms with Crippen LogP contribution in [0.2, 0.25) is 0 Å². The lowest BCUT2D eigenvalue weighted by molar-refractivity contribution is 0.394. The number of fused-ring (bicyclic) bond motifs is 1. The van der Waals surface area contributed by atoms with E-state index in [1.54, 1.807) is 20.4 Å². The minimum absolute atomic E-state index is 0.704. The maximum atomic E-state index is 5.37. The average Bonchev–Trinajstić information content (AvgIpc) is 2.61. The van der Waals surface area contributed by atoms with Crippen LogP contribution in [0.1, 0.15) is 11.3 Å². The second-order valence-corrected chi connectivity index (χ2v) is 5.31. The van der Waals surface area contributed by atoms with Crippen molar-refractivity contribution in [3.8, 4) is 11.5 Å². The van der Waals surface area contributed by atoms with Gasteiger partial charge in [-0.2, -0.15) is 5.10 Å². The van der Waals surface area contributed by atoms with E-state index in [1.807, 2.05) is 55.5 Å². The van der Waals surface area contributed by atoms with E-state index < -0.39 is 0 Å². The fourth-order valence-electron chi connectivity index (χ4n) is 2.50. The highest BCUT2D eigenvalue weighted by Crippen LogP contribution is 2.24. The van der Waals surface area contributed by atoms with Gasteiger partial charge in [0.05, 0.1) is 31.6 Å². The van der Waals surface area contributed by atoms with Crippen LogP contribution >= 0.6 is 0 Å². The van der Waals surface area contributed by atoms with Crippen molar-refractivity contribution in [3.05, 3.63) is 59.8 Å². The number of aryl methyl sites for hydroxylation is 1. The molecule has 1 N–H and O–H groups in total. The third-order valence-corrected chi connectivity index (χ3v) is 3.67. The topological polar surface area (TPSA) is 55.7 Å². The van der Waals surface area contributed by atoms with Crippen LogP contribution in [0.15, 0.2) is 53.6 Å². The first-order chi connectivity index (χ1) is 11.7. The molecule has 0 aliphatic rings. The fourth-order valence-corrected chi connectivity index (χ4v) is 2.50. The molecule has 0 aliphatic heterocycles. The predicted octanol–water partition coefficient (Wildman–Crippen LogP) is 4.01. The molecule has 0 saturated heterocycles. The number of hydrogen-bond acceptors (Lipinski definition) is 5. The zero-order valence-corrected chi connectivity index (χ0v) is 13.9. The molecular weight excluding hydrogens is 302 g/mol. The molecule has 1 heterocycles. The minimum Gasteiger partial charge on any atom is -0.497 e. The molecule has 0 unspecified atom stereocenters. The summed E-state index contributed by atoms with van der Waals surface area (Å²) in [6, 6.07) is 15.6. The number of hydrazone groups is 1. The van der Waals surface area contributed by atoms with E-state index in [1.165, 1.54) is 0 Å². The Balaban J connectivity index is 1.87. The van der Waals surface area contributed by atoms with Crippen molar-refractivity contribution in [1.82, 2.24) is 4.98 Å². The standard InChI is InChI=1S/C19H19N3O2/c1-13-10-18(16-6-4-5-7-17(16)21-13)22-20-12-14-8-9-15(23-2)11-19(14)24-3/h4-12H,1-3H3,(H,21,22)/b20-12+. The first-order valence-corrected chi connectivity index (χ1v) is 7.59. The Kier molecular flexibility index (Phi) is 4.61. The van der Waals surface area contributed by atoms with Crippen molar-refractivity contribution in [3.63, 3.8) is 0 Å². The summed E-state index contributed by atoms with van der Waals surface area (Å²) in [5.41, 5.74) is 6.76. The predicted molar refractivity (Wildman–Crippen MR) is 97.2 cm³/mol. The van der Waals surface area contributed by atoms with E-state index in [2.05, 4.69) is 15.5 Å². The highest BCUT2D eigenvalue weighted by Gasteiger charge is 2.04. The number of anilines is 1. The molecule has 5 nitrogen and oxygen atoms in total. The number of benzene rings is 2. The molecule has 0 amide bonds. The molecule has 0 fully saturated rings. The number of methoxy groups -OCH3 is 2. The van der Waals surface area contributed by atoms with Gasteiger partial charge in [-0.05, 0) is 31.2 Å². The summed E-state index contributed by atoms with van der Waals surface area (Å²) >= 11 is 0. The van der Waals surface area contributed by atoms with Crippen molar-refractivity contribution in [1.29, 1.82) is 0 Å². The van der Waals surface area contributed by atoms with Crippen LogP contribution in [0.25, 0.3) is 10.9 Å². The number of nitrogens with zero attached hydrogens (tertiary/aromatic N) is 2. The second kappa shape index (κ2) is 7.00. The van der Waals surface area contributed by atoms with Gasteiger partial charge in [-0.15, -0.1) is 0 Å². The van der Waals surface area contributed by atoms with Crippen LogP contribution in [0.5, 0.6) is 11.5 Å². The monoisotopic (exact) mass is 321 g/mol. The van der Waals surface area contributed by atoms with Crippen molar-refractivity contribution >= 4 is 22.8 Å². The van der Waals surface area contributed by atoms with Crippen molar-refractivity contribution in [2.75, 3.05) is 19.6 Å². The number of aromatic nitrogens is 1. The van der Waals surface area contributed by atoms with Crippen LogP contribution < -0.4 is 14.9 Å². The summed E-state index contributed by atoms with van der Waals surface area (Å²) in [4.78, 5) is 4.52. The maximum Gasteiger partial charge on any atom is 0.131 e. The Morgan fingerprint density at radius 3 is 2.67 bits per heavy atom. The molecule has 3 rings (SSSR count). The lowest BCUT2D eigenvalue weighted by atomic mass is 10.1. The molecule has 0 radical (unpaired) electrons. The number of ether oxygens (including phenoxy) is 2. The molecule has 0 aliphatic carbocycles. The molecule has 122 valence electrons. The Bertz CT molecular complexity index is 891. The quantitative estimate of drug-likeness (QED) is 0.570. The van der Waals surface area contributed by atoms with Gasteiger partial charge in [-0.25, -0.2) is 0 Å². The SMILES string of the molecule is COc1ccc(/C=N/Nc2cc(C)nc3ccccc23)c(OC)c1. The number of para-hydroxylation sites is 1. The summed E-state index contributed by atoms with van der Waals surface area (Å²) < 4.78 is 10.6. The van der Waals surface area contributed by atoms with Gasteiger partial charge in [-0.3, -0.25) is 10.4 Å². The Labute approximate surface area is 140 Å². The van der Waals surface area contributed by atoms with Gasteiger partial charge in [0.2, 0.25) is 0 Å². The molecule has 2 aromatic carbocycles. The summed E-state index contributed by atoms with van der Waals surface area (Å²) in [6.07, 6.45) is 1.73. The molecule has 24 heavy (non-hydrogen) atoms. The highest BCUT2D eigenvalue weighted by atomic mass is 16.5. The Morgan fingerprint density at radius 1 is 1.04 bits per heavy atom. The molecule has 3 aromatic rings. The van der Waals surface area contributed by atoms with Crippen molar-refractivity contribution in [2.45, 2.75) is 6.92 Å². The lowest BCUT2D eigenvalue weighted by Crippen LogP contribution is -1.96. The van der Waals surface area contributed by atoms with E-state index >= 15 is 0 Å². The molecule has 0 spiro atoms. The van der Waals surface area contributed by atoms with E-state index in [4.69, 9.17) is 9.47 Å². The highest BCUT2D eigenvalue weighted by molar-refractivity contribution is 5.92. The number of pyridine rings is 1. The van der Waals surface area contributed by atoms with Crippen LogP contribution in [0.4, 0.5) is 5.69 Å². The van der Waals surface area contributed by atoms with Gasteiger partial charge in [0, 0.05) is 22.7 Å². The molecule has 5 heteroatoms. The molecular formula is C19H19N3O2. The van der Waals surface area contributed by atoms with Crippen LogP contribution in [0, 0.1) is 6.92 Å². The zero-order chi connectivity index (χ0) is 16.9. The minimum atomic E-state index is 0.704. The first-order valence-electron chi connectivity index (χ1n) is 7.59. The smallest absolute Gasteiger partial charge is 0.131 e. The van der Waals surface area contributed by atoms with Crippen LogP contribution in [0.3, 0.4) is 0 Å². The summed E-state index contributed by atoms with van der Waals surface area (Å²) in [6.45, 7) is 1.97. The van der Waals surface area contributed by atoms with Gasteiger partial charge in [0.1, 0.15) is 11.5 Å². The van der Waals surface area contributed by atoms with Gasteiger partial charge < -0.3 is 9.47 Å². The fraction of sp³-hybridized carbons (Fsp3) is 0.158. The van der Waals surface area contributed by atoms with Crippen LogP contribution in [-0.4, -0.2) is 25.4 Å². The van der Waals surface area contributed by atoms with Crippen molar-refractivity contribution < 1.29 is 9.47 Å². The normalized spacial score (nSPS) is 11.0. The third kappa shape index (κ3) is 3.30. The summed E-state index contributed by atoms with van der Waals surface area (Å²) in [5.74, 6) is 1.45. The molecule has 0 saturated carbocycles. The molecule has 0 atom stereocenters. The van der Waals surface area contributed by atoms with Crippen molar-refractivity contribution in [2.24, 2.45) is 5.10 Å². The summed E-state index contributed by atoms with van der Waals surface area (Å²) in [5, 5.41) is 5.37. The number of hydrogen-bond donors (Lipinski definition) is 1. The Hall–Kier alpha value is -3.08. The van der Waals surface area contributed by atoms with E-state index in [-0.39, 0.29) is 0 Å². The average molecular weight is 321 g/mol. The van der Waals surface area contributed by atoms with E-state index in [0.717, 1.165) is 33.6 Å². The first kappa shape index (κ1) is 15.8. The second-order valence-electron chi connectivity index (χ2n) is 5.31. The maximum absolute atomic E-state index is 5.37. The Morgan fingerprint density at radius 2 is 1.88 bits per heavy atom.